The molecule has 0 unspecified atom stereocenters. The van der Waals surface area contributed by atoms with Crippen molar-refractivity contribution in [2.75, 3.05) is 4.90 Å². The lowest BCUT2D eigenvalue weighted by Crippen LogP contribution is -2.11. The molecule has 13 rings (SSSR count). The average molecular weight is 871 g/mol. The Morgan fingerprint density at radius 1 is 0.299 bits per heavy atom. The third-order valence-electron chi connectivity index (χ3n) is 13.4. The molecule has 0 saturated heterocycles. The van der Waals surface area contributed by atoms with Gasteiger partial charge in [-0.25, -0.2) is 0 Å². The monoisotopic (exact) mass is 870 g/mol. The second-order valence-electron chi connectivity index (χ2n) is 17.2. The van der Waals surface area contributed by atoms with Crippen LogP contribution in [0.2, 0.25) is 0 Å². The van der Waals surface area contributed by atoms with Crippen LogP contribution in [0.25, 0.3) is 103 Å². The van der Waals surface area contributed by atoms with Crippen molar-refractivity contribution >= 4 is 81.1 Å². The zero-order valence-corrected chi connectivity index (χ0v) is 37.4. The smallest absolute Gasteiger partial charge is 0.0562 e. The van der Waals surface area contributed by atoms with Gasteiger partial charge in [0.1, 0.15) is 0 Å². The van der Waals surface area contributed by atoms with E-state index in [1.807, 2.05) is 11.3 Å². The van der Waals surface area contributed by atoms with Crippen LogP contribution in [0.3, 0.4) is 0 Å². The molecular formula is C64H42N2S. The fraction of sp³-hybridized carbons (Fsp3) is 0. The zero-order chi connectivity index (χ0) is 44.3. The number of hydrogen-bond donors (Lipinski definition) is 0. The number of aromatic nitrogens is 1. The van der Waals surface area contributed by atoms with Crippen molar-refractivity contribution in [3.8, 4) is 50.2 Å². The minimum absolute atomic E-state index is 1.08. The number of thiophene rings is 1. The first kappa shape index (κ1) is 38.9. The molecule has 0 atom stereocenters. The van der Waals surface area contributed by atoms with Gasteiger partial charge in [0.25, 0.3) is 0 Å². The average Bonchev–Trinajstić information content (AvgIpc) is 3.95. The molecule has 3 heteroatoms. The summed E-state index contributed by atoms with van der Waals surface area (Å²) in [5.74, 6) is 0. The van der Waals surface area contributed by atoms with Crippen LogP contribution in [-0.4, -0.2) is 4.57 Å². The summed E-state index contributed by atoms with van der Waals surface area (Å²) in [7, 11) is 0. The van der Waals surface area contributed by atoms with Gasteiger partial charge in [0, 0.05) is 59.1 Å². The molecule has 2 heterocycles. The molecule has 2 nitrogen and oxygen atoms in total. The predicted molar refractivity (Wildman–Crippen MR) is 288 cm³/mol. The molecule has 0 amide bonds. The molecular weight excluding hydrogens is 829 g/mol. The minimum atomic E-state index is 1.08. The molecule has 13 aromatic rings. The van der Waals surface area contributed by atoms with Gasteiger partial charge in [0.2, 0.25) is 0 Å². The minimum Gasteiger partial charge on any atom is -0.310 e. The van der Waals surface area contributed by atoms with E-state index >= 15 is 0 Å². The Bertz CT molecular complexity index is 3940. The standard InChI is InChI=1S/C64H42N2S/c1-4-17-43(18-5-1)44-33-37-48(38-34-44)65(49-39-35-46(36-40-49)51-26-15-27-52-50(25-14-28-53(51)52)45-19-6-2-7-20-45)61-42-62-58(54-23-10-12-31-60(54)66(62)47-21-8-3-9-22-47)41-59(61)57-30-16-29-56-55-24-11-13-32-63(55)67-64(56)57/h1-42H. The van der Waals surface area contributed by atoms with Crippen LogP contribution in [0, 0.1) is 0 Å². The van der Waals surface area contributed by atoms with Crippen LogP contribution in [0.4, 0.5) is 17.1 Å². The molecule has 2 aromatic heterocycles. The molecule has 0 spiro atoms. The van der Waals surface area contributed by atoms with Gasteiger partial charge >= 0.3 is 0 Å². The maximum absolute atomic E-state index is 2.48. The van der Waals surface area contributed by atoms with Crippen LogP contribution in [0.15, 0.2) is 255 Å². The number of fused-ring (bicyclic) bond motifs is 7. The van der Waals surface area contributed by atoms with Gasteiger partial charge in [-0.05, 0) is 105 Å². The van der Waals surface area contributed by atoms with Gasteiger partial charge in [-0.1, -0.05) is 194 Å². The third-order valence-corrected chi connectivity index (χ3v) is 14.6. The summed E-state index contributed by atoms with van der Waals surface area (Å²) in [6.07, 6.45) is 0. The van der Waals surface area contributed by atoms with E-state index in [-0.39, 0.29) is 0 Å². The molecule has 0 aliphatic carbocycles. The lowest BCUT2D eigenvalue weighted by Gasteiger charge is -2.29. The van der Waals surface area contributed by atoms with Crippen molar-refractivity contribution in [2.45, 2.75) is 0 Å². The van der Waals surface area contributed by atoms with Crippen molar-refractivity contribution in [3.05, 3.63) is 255 Å². The summed E-state index contributed by atoms with van der Waals surface area (Å²) < 4.78 is 5.01. The fourth-order valence-electron chi connectivity index (χ4n) is 10.3. The van der Waals surface area contributed by atoms with E-state index in [9.17, 15) is 0 Å². The highest BCUT2D eigenvalue weighted by molar-refractivity contribution is 7.26. The SMILES string of the molecule is c1ccc(-c2ccc(N(c3ccc(-c4cccc5c(-c6ccccc6)cccc45)cc3)c3cc4c(cc3-c3cccc5c3sc3ccccc35)c3ccccc3n4-c3ccccc3)cc2)cc1. The molecule has 11 aromatic carbocycles. The molecule has 0 aliphatic heterocycles. The van der Waals surface area contributed by atoms with Gasteiger partial charge in [-0.2, -0.15) is 0 Å². The highest BCUT2D eigenvalue weighted by Crippen LogP contribution is 2.49. The van der Waals surface area contributed by atoms with Gasteiger partial charge < -0.3 is 9.47 Å². The molecule has 0 N–H and O–H groups in total. The molecule has 0 fully saturated rings. The van der Waals surface area contributed by atoms with E-state index in [4.69, 9.17) is 0 Å². The number of hydrogen-bond acceptors (Lipinski definition) is 2. The lowest BCUT2D eigenvalue weighted by atomic mass is 9.93. The summed E-state index contributed by atoms with van der Waals surface area (Å²) >= 11 is 1.88. The number of rotatable bonds is 8. The topological polar surface area (TPSA) is 8.17 Å². The normalized spacial score (nSPS) is 11.6. The number of para-hydroxylation sites is 2. The fourth-order valence-corrected chi connectivity index (χ4v) is 11.5. The van der Waals surface area contributed by atoms with E-state index in [0.29, 0.717) is 0 Å². The Labute approximate surface area is 393 Å². The van der Waals surface area contributed by atoms with Crippen LogP contribution >= 0.6 is 11.3 Å². The van der Waals surface area contributed by atoms with Crippen molar-refractivity contribution in [1.82, 2.24) is 4.57 Å². The van der Waals surface area contributed by atoms with Crippen molar-refractivity contribution in [2.24, 2.45) is 0 Å². The van der Waals surface area contributed by atoms with Crippen molar-refractivity contribution < 1.29 is 0 Å². The first-order valence-corrected chi connectivity index (χ1v) is 23.7. The number of nitrogens with zero attached hydrogens (tertiary/aromatic N) is 2. The summed E-state index contributed by atoms with van der Waals surface area (Å²) in [6, 6.07) is 93.3. The van der Waals surface area contributed by atoms with Crippen LogP contribution in [0.1, 0.15) is 0 Å². The Balaban J connectivity index is 1.07. The lowest BCUT2D eigenvalue weighted by molar-refractivity contribution is 1.18. The molecule has 314 valence electrons. The van der Waals surface area contributed by atoms with E-state index in [2.05, 4.69) is 264 Å². The van der Waals surface area contributed by atoms with E-state index in [1.54, 1.807) is 0 Å². The van der Waals surface area contributed by atoms with Crippen molar-refractivity contribution in [3.63, 3.8) is 0 Å². The maximum atomic E-state index is 2.48. The second-order valence-corrected chi connectivity index (χ2v) is 18.3. The third kappa shape index (κ3) is 6.63. The quantitative estimate of drug-likeness (QED) is 0.148. The molecule has 0 aliphatic rings. The Morgan fingerprint density at radius 3 is 1.46 bits per heavy atom. The highest BCUT2D eigenvalue weighted by Gasteiger charge is 2.24. The zero-order valence-electron chi connectivity index (χ0n) is 36.6. The van der Waals surface area contributed by atoms with Crippen LogP contribution in [0.5, 0.6) is 0 Å². The van der Waals surface area contributed by atoms with Crippen molar-refractivity contribution in [1.29, 1.82) is 0 Å². The maximum Gasteiger partial charge on any atom is 0.0562 e. The first-order valence-electron chi connectivity index (χ1n) is 22.9. The van der Waals surface area contributed by atoms with Gasteiger partial charge in [-0.3, -0.25) is 0 Å². The Kier molecular flexibility index (Phi) is 9.40. The predicted octanol–water partition coefficient (Wildman–Crippen LogP) is 18.4. The molecule has 0 radical (unpaired) electrons. The summed E-state index contributed by atoms with van der Waals surface area (Å²) in [5.41, 5.74) is 16.4. The van der Waals surface area contributed by atoms with E-state index in [0.717, 1.165) is 28.3 Å². The Hall–Kier alpha value is -8.50. The summed E-state index contributed by atoms with van der Waals surface area (Å²) in [4.78, 5) is 2.48. The summed E-state index contributed by atoms with van der Waals surface area (Å²) in [5, 5.41) is 7.51. The van der Waals surface area contributed by atoms with Crippen LogP contribution in [-0.2, 0) is 0 Å². The van der Waals surface area contributed by atoms with E-state index in [1.165, 1.54) is 91.7 Å². The molecule has 0 saturated carbocycles. The second kappa shape index (κ2) is 16.2. The van der Waals surface area contributed by atoms with Gasteiger partial charge in [0.15, 0.2) is 0 Å². The van der Waals surface area contributed by atoms with Gasteiger partial charge in [0.05, 0.1) is 16.7 Å². The summed E-state index contributed by atoms with van der Waals surface area (Å²) in [6.45, 7) is 0. The molecule has 0 bridgehead atoms. The number of anilines is 3. The highest BCUT2D eigenvalue weighted by atomic mass is 32.1. The van der Waals surface area contributed by atoms with Gasteiger partial charge in [-0.15, -0.1) is 11.3 Å². The van der Waals surface area contributed by atoms with Crippen LogP contribution < -0.4 is 4.90 Å². The molecule has 67 heavy (non-hydrogen) atoms. The number of benzene rings is 11. The Morgan fingerprint density at radius 2 is 0.791 bits per heavy atom. The largest absolute Gasteiger partial charge is 0.310 e. The van der Waals surface area contributed by atoms with E-state index < -0.39 is 0 Å². The first-order chi connectivity index (χ1) is 33.2.